The molecule has 0 aliphatic heterocycles. The van der Waals surface area contributed by atoms with Gasteiger partial charge >= 0.3 is 0 Å². The van der Waals surface area contributed by atoms with E-state index in [1.165, 1.54) is 11.8 Å². The van der Waals surface area contributed by atoms with Crippen molar-refractivity contribution in [3.8, 4) is 0 Å². The molecule has 0 aromatic carbocycles. The number of primary amides is 1. The summed E-state index contributed by atoms with van der Waals surface area (Å²) >= 11 is 1.48. The lowest BCUT2D eigenvalue weighted by Gasteiger charge is -2.25. The lowest BCUT2D eigenvalue weighted by molar-refractivity contribution is -0.118. The Labute approximate surface area is 124 Å². The molecule has 0 fully saturated rings. The van der Waals surface area contributed by atoms with E-state index in [1.54, 1.807) is 0 Å². The van der Waals surface area contributed by atoms with Gasteiger partial charge in [-0.3, -0.25) is 4.79 Å². The molecule has 0 unspecified atom stereocenters. The number of nitrogens with one attached hydrogen (secondary N) is 2. The normalized spacial score (nSPS) is 11.2. The van der Waals surface area contributed by atoms with Gasteiger partial charge in [0.25, 0.3) is 0 Å². The van der Waals surface area contributed by atoms with Gasteiger partial charge in [-0.1, -0.05) is 18.7 Å². The van der Waals surface area contributed by atoms with Crippen LogP contribution in [-0.2, 0) is 4.79 Å². The van der Waals surface area contributed by atoms with E-state index in [9.17, 15) is 4.79 Å². The van der Waals surface area contributed by atoms with Crippen LogP contribution in [0.2, 0.25) is 0 Å². The third-order valence-electron chi connectivity index (χ3n) is 2.53. The van der Waals surface area contributed by atoms with E-state index in [4.69, 9.17) is 5.73 Å². The highest BCUT2D eigenvalue weighted by molar-refractivity contribution is 7.98. The monoisotopic (exact) mass is 297 g/mol. The molecule has 0 saturated carbocycles. The van der Waals surface area contributed by atoms with Crippen LogP contribution in [0.5, 0.6) is 0 Å². The average molecular weight is 297 g/mol. The fraction of sp³-hybridized carbons (Fsp3) is 0.615. The highest BCUT2D eigenvalue weighted by Crippen LogP contribution is 2.21. The fourth-order valence-electron chi connectivity index (χ4n) is 1.75. The molecule has 1 aromatic rings. The number of anilines is 2. The second kappa shape index (κ2) is 7.33. The molecular weight excluding hydrogens is 274 g/mol. The van der Waals surface area contributed by atoms with Gasteiger partial charge in [0, 0.05) is 24.6 Å². The number of thioether (sulfide) groups is 1. The lowest BCUT2D eigenvalue weighted by Crippen LogP contribution is -2.36. The van der Waals surface area contributed by atoms with E-state index in [0.717, 1.165) is 18.8 Å². The molecule has 1 amide bonds. The number of rotatable bonds is 8. The van der Waals surface area contributed by atoms with E-state index in [0.29, 0.717) is 11.0 Å². The topological polar surface area (TPSA) is 92.9 Å². The van der Waals surface area contributed by atoms with Gasteiger partial charge in [0.05, 0.1) is 0 Å². The molecule has 6 nitrogen and oxygen atoms in total. The first-order valence-electron chi connectivity index (χ1n) is 6.59. The van der Waals surface area contributed by atoms with Crippen molar-refractivity contribution >= 4 is 29.3 Å². The number of nitrogens with two attached hydrogens (primary N) is 1. The Kier molecular flexibility index (Phi) is 6.06. The van der Waals surface area contributed by atoms with Crippen LogP contribution in [0.25, 0.3) is 0 Å². The first-order valence-corrected chi connectivity index (χ1v) is 7.82. The van der Waals surface area contributed by atoms with Gasteiger partial charge in [-0.15, -0.1) is 0 Å². The summed E-state index contributed by atoms with van der Waals surface area (Å²) in [4.78, 5) is 19.9. The van der Waals surface area contributed by atoms with Crippen LogP contribution in [-0.4, -0.2) is 34.2 Å². The van der Waals surface area contributed by atoms with Crippen LogP contribution in [0.15, 0.2) is 11.2 Å². The molecule has 0 saturated heterocycles. The maximum Gasteiger partial charge on any atom is 0.219 e. The lowest BCUT2D eigenvalue weighted by atomic mass is 10.0. The zero-order valence-corrected chi connectivity index (χ0v) is 13.3. The third-order valence-corrected chi connectivity index (χ3v) is 3.07. The average Bonchev–Trinajstić information content (AvgIpc) is 2.33. The third kappa shape index (κ3) is 5.64. The van der Waals surface area contributed by atoms with E-state index in [2.05, 4.69) is 27.5 Å². The van der Waals surface area contributed by atoms with Crippen LogP contribution < -0.4 is 16.4 Å². The number of amides is 1. The maximum absolute atomic E-state index is 11.1. The van der Waals surface area contributed by atoms with E-state index in [-0.39, 0.29) is 12.3 Å². The molecule has 0 atom stereocenters. The molecule has 1 aromatic heterocycles. The van der Waals surface area contributed by atoms with Crippen molar-refractivity contribution in [1.82, 2.24) is 9.97 Å². The Morgan fingerprint density at radius 1 is 1.40 bits per heavy atom. The minimum absolute atomic E-state index is 0.239. The highest BCUT2D eigenvalue weighted by atomic mass is 32.2. The zero-order chi connectivity index (χ0) is 15.2. The molecule has 20 heavy (non-hydrogen) atoms. The summed E-state index contributed by atoms with van der Waals surface area (Å²) < 4.78 is 0. The molecular formula is C13H23N5OS. The molecule has 0 spiro atoms. The first kappa shape index (κ1) is 16.6. The van der Waals surface area contributed by atoms with E-state index < -0.39 is 5.54 Å². The zero-order valence-electron chi connectivity index (χ0n) is 12.5. The van der Waals surface area contributed by atoms with Crippen LogP contribution in [0, 0.1) is 0 Å². The maximum atomic E-state index is 11.1. The second-order valence-electron chi connectivity index (χ2n) is 5.20. The summed E-state index contributed by atoms with van der Waals surface area (Å²) in [6, 6.07) is 1.85. The fourth-order valence-corrected chi connectivity index (χ4v) is 2.13. The highest BCUT2D eigenvalue weighted by Gasteiger charge is 2.21. The van der Waals surface area contributed by atoms with Gasteiger partial charge in [0.1, 0.15) is 11.6 Å². The van der Waals surface area contributed by atoms with E-state index >= 15 is 0 Å². The summed E-state index contributed by atoms with van der Waals surface area (Å²) in [6.45, 7) is 6.78. The largest absolute Gasteiger partial charge is 0.370 e. The Balaban J connectivity index is 2.90. The quantitative estimate of drug-likeness (QED) is 0.502. The van der Waals surface area contributed by atoms with Crippen molar-refractivity contribution in [2.45, 2.75) is 44.3 Å². The molecule has 7 heteroatoms. The Morgan fingerprint density at radius 2 is 2.05 bits per heavy atom. The standard InChI is InChI=1S/C13H23N5OS/c1-5-6-15-10-7-11(17-12(16-10)20-4)18-13(2,3)8-9(14)19/h7H,5-6,8H2,1-4H3,(H2,14,19)(H2,15,16,17,18). The van der Waals surface area contributed by atoms with Gasteiger partial charge in [-0.25, -0.2) is 9.97 Å². The van der Waals surface area contributed by atoms with Gasteiger partial charge in [-0.2, -0.15) is 0 Å². The van der Waals surface area contributed by atoms with Gasteiger partial charge < -0.3 is 16.4 Å². The number of hydrogen-bond donors (Lipinski definition) is 3. The Hall–Kier alpha value is -1.50. The SMILES string of the molecule is CCCNc1cc(NC(C)(C)CC(N)=O)nc(SC)n1. The number of aromatic nitrogens is 2. The summed E-state index contributed by atoms with van der Waals surface area (Å²) in [5.74, 6) is 1.13. The molecule has 0 aliphatic carbocycles. The van der Waals surface area contributed by atoms with Crippen LogP contribution in [0.3, 0.4) is 0 Å². The molecule has 0 radical (unpaired) electrons. The van der Waals surface area contributed by atoms with E-state index in [1.807, 2.05) is 26.2 Å². The van der Waals surface area contributed by atoms with Crippen LogP contribution in [0.4, 0.5) is 11.6 Å². The molecule has 112 valence electrons. The van der Waals surface area contributed by atoms with Crippen molar-refractivity contribution in [1.29, 1.82) is 0 Å². The van der Waals surface area contributed by atoms with Gasteiger partial charge in [-0.05, 0) is 26.5 Å². The summed E-state index contributed by atoms with van der Waals surface area (Å²) in [5.41, 5.74) is 4.81. The van der Waals surface area contributed by atoms with Crippen molar-refractivity contribution in [2.24, 2.45) is 5.73 Å². The first-order chi connectivity index (χ1) is 9.36. The Morgan fingerprint density at radius 3 is 2.60 bits per heavy atom. The number of hydrogen-bond acceptors (Lipinski definition) is 6. The van der Waals surface area contributed by atoms with Crippen LogP contribution >= 0.6 is 11.8 Å². The minimum Gasteiger partial charge on any atom is -0.370 e. The van der Waals surface area contributed by atoms with Gasteiger partial charge in [0.15, 0.2) is 5.16 Å². The summed E-state index contributed by atoms with van der Waals surface area (Å²) in [5, 5.41) is 7.16. The predicted octanol–water partition coefficient (Wildman–Crippen LogP) is 2.09. The van der Waals surface area contributed by atoms with Gasteiger partial charge in [0.2, 0.25) is 5.91 Å². The number of nitrogens with zero attached hydrogens (tertiary/aromatic N) is 2. The van der Waals surface area contributed by atoms with Crippen LogP contribution in [0.1, 0.15) is 33.6 Å². The molecule has 0 bridgehead atoms. The molecule has 1 heterocycles. The summed E-state index contributed by atoms with van der Waals surface area (Å²) in [6.07, 6.45) is 3.19. The minimum atomic E-state index is -0.447. The van der Waals surface area contributed by atoms with Crippen molar-refractivity contribution in [3.63, 3.8) is 0 Å². The summed E-state index contributed by atoms with van der Waals surface area (Å²) in [7, 11) is 0. The Bertz CT molecular complexity index is 464. The predicted molar refractivity (Wildman–Crippen MR) is 84.1 cm³/mol. The number of carbonyl (C=O) groups is 1. The molecule has 0 aliphatic rings. The van der Waals surface area contributed by atoms with Crippen molar-refractivity contribution in [2.75, 3.05) is 23.4 Å². The molecule has 1 rings (SSSR count). The smallest absolute Gasteiger partial charge is 0.219 e. The van der Waals surface area contributed by atoms with Crippen molar-refractivity contribution in [3.05, 3.63) is 6.07 Å². The number of carbonyl (C=O) groups excluding carboxylic acids is 1. The van der Waals surface area contributed by atoms with Crippen molar-refractivity contribution < 1.29 is 4.79 Å². The second-order valence-corrected chi connectivity index (χ2v) is 5.98. The molecule has 4 N–H and O–H groups in total.